The van der Waals surface area contributed by atoms with Crippen LogP contribution in [0.15, 0.2) is 0 Å². The first-order valence-electron chi connectivity index (χ1n) is 22.0. The van der Waals surface area contributed by atoms with Gasteiger partial charge in [-0.3, -0.25) is 0 Å². The largest absolute Gasteiger partial charge is 0.460 e. The second-order valence-electron chi connectivity index (χ2n) is 18.8. The molecule has 1 N–H and O–H groups in total. The second-order valence-corrected chi connectivity index (χ2v) is 18.8. The minimum absolute atomic E-state index is 0.0148. The molecule has 3 nitrogen and oxygen atoms in total. The summed E-state index contributed by atoms with van der Waals surface area (Å²) >= 11 is 0. The van der Waals surface area contributed by atoms with E-state index in [0.29, 0.717) is 23.7 Å². The fraction of sp³-hybridized carbons (Fsp3) is 0.978. The third kappa shape index (κ3) is 10.3. The van der Waals surface area contributed by atoms with Gasteiger partial charge >= 0.3 is 5.97 Å². The van der Waals surface area contributed by atoms with Crippen molar-refractivity contribution in [2.75, 3.05) is 0 Å². The summed E-state index contributed by atoms with van der Waals surface area (Å²) in [6, 6.07) is 0. The molecule has 280 valence electrons. The Hall–Kier alpha value is -0.570. The van der Waals surface area contributed by atoms with Crippen molar-refractivity contribution >= 4 is 5.97 Å². The molecule has 4 rings (SSSR count). The average Bonchev–Trinajstić information content (AvgIpc) is 3.42. The van der Waals surface area contributed by atoms with Crippen LogP contribution in [0.4, 0.5) is 0 Å². The summed E-state index contributed by atoms with van der Waals surface area (Å²) in [5.41, 5.74) is 0.570. The number of aliphatic hydroxyl groups excluding tert-OH is 1. The van der Waals surface area contributed by atoms with Crippen molar-refractivity contribution in [3.05, 3.63) is 0 Å². The van der Waals surface area contributed by atoms with Gasteiger partial charge in [0.15, 0.2) is 6.10 Å². The summed E-state index contributed by atoms with van der Waals surface area (Å²) in [7, 11) is 0. The molecule has 0 saturated heterocycles. The predicted octanol–water partition coefficient (Wildman–Crippen LogP) is 13.3. The van der Waals surface area contributed by atoms with Gasteiger partial charge in [0.2, 0.25) is 0 Å². The van der Waals surface area contributed by atoms with Crippen molar-refractivity contribution in [1.29, 1.82) is 0 Å². The van der Waals surface area contributed by atoms with Gasteiger partial charge < -0.3 is 9.84 Å². The number of carbonyl (C=O) groups is 1. The first-order chi connectivity index (χ1) is 23.1. The molecule has 0 aromatic rings. The molecule has 0 amide bonds. The van der Waals surface area contributed by atoms with Crippen LogP contribution in [-0.4, -0.2) is 23.3 Å². The molecule has 4 aliphatic rings. The van der Waals surface area contributed by atoms with E-state index < -0.39 is 6.10 Å². The zero-order valence-electron chi connectivity index (χ0n) is 33.1. The summed E-state index contributed by atoms with van der Waals surface area (Å²) in [5.74, 6) is 5.19. The van der Waals surface area contributed by atoms with E-state index in [9.17, 15) is 9.90 Å². The molecule has 4 saturated carbocycles. The zero-order valence-corrected chi connectivity index (χ0v) is 33.1. The van der Waals surface area contributed by atoms with Crippen LogP contribution >= 0.6 is 0 Å². The minimum atomic E-state index is -0.951. The molecule has 0 aromatic heterocycles. The molecule has 48 heavy (non-hydrogen) atoms. The lowest BCUT2D eigenvalue weighted by Crippen LogP contribution is -2.58. The molecule has 0 aliphatic heterocycles. The number of aliphatic hydroxyl groups is 1. The molecule has 0 heterocycles. The number of hydrogen-bond acceptors (Lipinski definition) is 3. The number of rotatable bonds is 22. The van der Waals surface area contributed by atoms with Crippen molar-refractivity contribution in [2.45, 2.75) is 227 Å². The standard InChI is InChI=1S/C45H82O3/c1-7-8-9-10-11-12-13-14-15-16-17-18-19-20-26-41(46)43(47)48-42-27-22-25-36-28-29-37-39-31-30-38(35(4)24-21-23-34(2)3)44(39,5)33-32-40(37)45(36,42)6/h34-42,46H,7-33H2,1-6H3/t35-,36+,37+,38-,39-,40-,41?,42?,44+,45-/m0/s1. The molecule has 2 unspecified atom stereocenters. The van der Waals surface area contributed by atoms with Gasteiger partial charge in [0.1, 0.15) is 6.10 Å². The Labute approximate surface area is 299 Å². The zero-order chi connectivity index (χ0) is 34.6. The van der Waals surface area contributed by atoms with E-state index >= 15 is 0 Å². The molecule has 4 fully saturated rings. The SMILES string of the molecule is CCCCCCCCCCCCCCCCC(O)C(=O)OC1CCC[C@@H]2CC[C@@H]3[C@@H]4CC[C@@H]([C@@H](C)CCCC(C)C)[C@@]4(C)CC[C@@H]3[C@@]12C. The fourth-order valence-electron chi connectivity index (χ4n) is 12.4. The molecule has 0 radical (unpaired) electrons. The third-order valence-corrected chi connectivity index (χ3v) is 15.2. The Morgan fingerprint density at radius 3 is 1.94 bits per heavy atom. The van der Waals surface area contributed by atoms with Crippen molar-refractivity contribution in [3.8, 4) is 0 Å². The van der Waals surface area contributed by atoms with E-state index in [1.807, 2.05) is 0 Å². The van der Waals surface area contributed by atoms with Crippen LogP contribution in [0.25, 0.3) is 0 Å². The van der Waals surface area contributed by atoms with E-state index in [2.05, 4.69) is 41.5 Å². The van der Waals surface area contributed by atoms with Crippen molar-refractivity contribution in [1.82, 2.24) is 0 Å². The molecular weight excluding hydrogens is 588 g/mol. The highest BCUT2D eigenvalue weighted by Gasteiger charge is 2.62. The highest BCUT2D eigenvalue weighted by atomic mass is 16.6. The summed E-state index contributed by atoms with van der Waals surface area (Å²) in [6.07, 6.45) is 33.9. The van der Waals surface area contributed by atoms with Gasteiger partial charge in [0, 0.05) is 5.41 Å². The Bertz CT molecular complexity index is 914. The highest BCUT2D eigenvalue weighted by Crippen LogP contribution is 2.68. The summed E-state index contributed by atoms with van der Waals surface area (Å²) < 4.78 is 6.41. The highest BCUT2D eigenvalue weighted by molar-refractivity contribution is 5.74. The van der Waals surface area contributed by atoms with Gasteiger partial charge in [0.05, 0.1) is 0 Å². The molecular formula is C45H82O3. The summed E-state index contributed by atoms with van der Waals surface area (Å²) in [6.45, 7) is 14.8. The van der Waals surface area contributed by atoms with Crippen molar-refractivity contribution in [3.63, 3.8) is 0 Å². The van der Waals surface area contributed by atoms with Gasteiger partial charge in [0.25, 0.3) is 0 Å². The van der Waals surface area contributed by atoms with Crippen molar-refractivity contribution < 1.29 is 14.6 Å². The van der Waals surface area contributed by atoms with Crippen LogP contribution in [0.3, 0.4) is 0 Å². The lowest BCUT2D eigenvalue weighted by molar-refractivity contribution is -0.198. The Morgan fingerprint density at radius 1 is 0.688 bits per heavy atom. The first-order valence-corrected chi connectivity index (χ1v) is 22.0. The quantitative estimate of drug-likeness (QED) is 0.0921. The third-order valence-electron chi connectivity index (χ3n) is 15.2. The van der Waals surface area contributed by atoms with E-state index in [1.54, 1.807) is 0 Å². The van der Waals surface area contributed by atoms with E-state index in [0.717, 1.165) is 48.9 Å². The Kier molecular flexibility index (Phi) is 16.7. The minimum Gasteiger partial charge on any atom is -0.460 e. The Balaban J connectivity index is 1.19. The second kappa shape index (κ2) is 19.9. The van der Waals surface area contributed by atoms with E-state index in [-0.39, 0.29) is 17.5 Å². The maximum Gasteiger partial charge on any atom is 0.335 e. The number of ether oxygens (including phenoxy) is 1. The summed E-state index contributed by atoms with van der Waals surface area (Å²) in [4.78, 5) is 13.4. The topological polar surface area (TPSA) is 46.5 Å². The predicted molar refractivity (Wildman–Crippen MR) is 204 cm³/mol. The molecule has 0 spiro atoms. The van der Waals surface area contributed by atoms with Crippen LogP contribution in [0, 0.1) is 52.3 Å². The lowest BCUT2D eigenvalue weighted by atomic mass is 9.44. The van der Waals surface area contributed by atoms with Crippen LogP contribution < -0.4 is 0 Å². The lowest BCUT2D eigenvalue weighted by Gasteiger charge is -2.62. The molecule has 0 aromatic carbocycles. The smallest absolute Gasteiger partial charge is 0.335 e. The number of esters is 1. The van der Waals surface area contributed by atoms with Gasteiger partial charge in [-0.25, -0.2) is 4.79 Å². The van der Waals surface area contributed by atoms with Gasteiger partial charge in [-0.15, -0.1) is 0 Å². The monoisotopic (exact) mass is 671 g/mol. The number of carbonyl (C=O) groups excluding carboxylic acids is 1. The summed E-state index contributed by atoms with van der Waals surface area (Å²) in [5, 5.41) is 10.9. The molecule has 10 atom stereocenters. The normalized spacial score (nSPS) is 34.3. The van der Waals surface area contributed by atoms with Crippen LogP contribution in [0.5, 0.6) is 0 Å². The fourth-order valence-corrected chi connectivity index (χ4v) is 12.4. The van der Waals surface area contributed by atoms with Crippen LogP contribution in [0.1, 0.15) is 215 Å². The van der Waals surface area contributed by atoms with Crippen LogP contribution in [-0.2, 0) is 9.53 Å². The maximum atomic E-state index is 13.4. The van der Waals surface area contributed by atoms with Gasteiger partial charge in [-0.1, -0.05) is 151 Å². The van der Waals surface area contributed by atoms with E-state index in [4.69, 9.17) is 4.74 Å². The number of fused-ring (bicyclic) bond motifs is 5. The molecule has 0 bridgehead atoms. The average molecular weight is 671 g/mol. The number of hydrogen-bond donors (Lipinski definition) is 1. The molecule has 3 heteroatoms. The number of unbranched alkanes of at least 4 members (excludes halogenated alkanes) is 13. The van der Waals surface area contributed by atoms with E-state index in [1.165, 1.54) is 148 Å². The Morgan fingerprint density at radius 2 is 1.31 bits per heavy atom. The maximum absolute atomic E-state index is 13.4. The first kappa shape index (κ1) is 40.2. The van der Waals surface area contributed by atoms with Gasteiger partial charge in [-0.05, 0) is 111 Å². The van der Waals surface area contributed by atoms with Crippen LogP contribution in [0.2, 0.25) is 0 Å². The molecule has 4 aliphatic carbocycles. The van der Waals surface area contributed by atoms with Gasteiger partial charge in [-0.2, -0.15) is 0 Å². The van der Waals surface area contributed by atoms with Crippen molar-refractivity contribution in [2.24, 2.45) is 52.3 Å².